The van der Waals surface area contributed by atoms with Crippen molar-refractivity contribution in [2.24, 2.45) is 0 Å². The number of nitriles is 1. The lowest BCUT2D eigenvalue weighted by Crippen LogP contribution is -2.35. The van der Waals surface area contributed by atoms with Crippen LogP contribution in [0.5, 0.6) is 5.75 Å². The third-order valence-corrected chi connectivity index (χ3v) is 3.26. The molecule has 1 atom stereocenters. The highest BCUT2D eigenvalue weighted by Gasteiger charge is 2.25. The molecule has 1 fully saturated rings. The van der Waals surface area contributed by atoms with Gasteiger partial charge in [-0.05, 0) is 18.6 Å². The first-order valence-electron chi connectivity index (χ1n) is 6.24. The quantitative estimate of drug-likeness (QED) is 0.888. The maximum Gasteiger partial charge on any atom is 0.217 e. The summed E-state index contributed by atoms with van der Waals surface area (Å²) in [5, 5.41) is 12.1. The molecular formula is C14H17N3O2. The van der Waals surface area contributed by atoms with Gasteiger partial charge in [0.1, 0.15) is 11.8 Å². The number of carbonyl (C=O) groups is 1. The zero-order valence-corrected chi connectivity index (χ0v) is 11.1. The van der Waals surface area contributed by atoms with Crippen LogP contribution in [-0.2, 0) is 4.79 Å². The first kappa shape index (κ1) is 13.2. The first-order chi connectivity index (χ1) is 9.13. The van der Waals surface area contributed by atoms with Gasteiger partial charge in [-0.25, -0.2) is 0 Å². The van der Waals surface area contributed by atoms with E-state index < -0.39 is 0 Å². The number of rotatable bonds is 3. The zero-order valence-electron chi connectivity index (χ0n) is 11.1. The molecule has 1 saturated heterocycles. The maximum atomic E-state index is 11.1. The number of hydrogen-bond donors (Lipinski definition) is 1. The van der Waals surface area contributed by atoms with Gasteiger partial charge in [0.2, 0.25) is 5.91 Å². The molecule has 1 aromatic rings. The number of methoxy groups -OCH3 is 1. The van der Waals surface area contributed by atoms with E-state index in [4.69, 9.17) is 10.00 Å². The Balaban J connectivity index is 2.18. The highest BCUT2D eigenvalue weighted by atomic mass is 16.5. The minimum atomic E-state index is -0.0157. The molecule has 0 saturated carbocycles. The molecule has 1 aliphatic heterocycles. The van der Waals surface area contributed by atoms with Gasteiger partial charge in [-0.15, -0.1) is 0 Å². The maximum absolute atomic E-state index is 11.1. The fourth-order valence-corrected chi connectivity index (χ4v) is 2.38. The van der Waals surface area contributed by atoms with Crippen LogP contribution in [0.4, 0.5) is 5.69 Å². The molecule has 19 heavy (non-hydrogen) atoms. The Hall–Kier alpha value is -2.22. The van der Waals surface area contributed by atoms with E-state index >= 15 is 0 Å². The average molecular weight is 259 g/mol. The lowest BCUT2D eigenvalue weighted by molar-refractivity contribution is -0.119. The van der Waals surface area contributed by atoms with E-state index in [1.807, 2.05) is 6.07 Å². The Bertz CT molecular complexity index is 522. The highest BCUT2D eigenvalue weighted by Crippen LogP contribution is 2.28. The molecule has 1 unspecified atom stereocenters. The average Bonchev–Trinajstić information content (AvgIpc) is 2.85. The van der Waals surface area contributed by atoms with Gasteiger partial charge in [-0.3, -0.25) is 4.79 Å². The Morgan fingerprint density at radius 2 is 2.37 bits per heavy atom. The smallest absolute Gasteiger partial charge is 0.217 e. The van der Waals surface area contributed by atoms with Crippen molar-refractivity contribution in [2.75, 3.05) is 25.1 Å². The molecule has 100 valence electrons. The molecule has 1 aliphatic rings. The Labute approximate surface area is 112 Å². The standard InChI is InChI=1S/C14H17N3O2/c1-10(18)16-12-5-6-17(9-12)14-7-13(19-2)4-3-11(14)8-15/h3-4,7,12H,5-6,9H2,1-2H3,(H,16,18). The van der Waals surface area contributed by atoms with Crippen LogP contribution < -0.4 is 15.0 Å². The summed E-state index contributed by atoms with van der Waals surface area (Å²) in [5.41, 5.74) is 1.50. The minimum absolute atomic E-state index is 0.0157. The molecular weight excluding hydrogens is 242 g/mol. The third-order valence-electron chi connectivity index (χ3n) is 3.26. The van der Waals surface area contributed by atoms with E-state index in [2.05, 4.69) is 16.3 Å². The number of nitrogens with one attached hydrogen (secondary N) is 1. The van der Waals surface area contributed by atoms with Crippen molar-refractivity contribution in [3.8, 4) is 11.8 Å². The summed E-state index contributed by atoms with van der Waals surface area (Å²) in [7, 11) is 1.61. The second-order valence-electron chi connectivity index (χ2n) is 4.63. The number of amides is 1. The predicted octanol–water partition coefficient (Wildman–Crippen LogP) is 1.28. The van der Waals surface area contributed by atoms with Crippen molar-refractivity contribution in [1.29, 1.82) is 5.26 Å². The molecule has 0 spiro atoms. The van der Waals surface area contributed by atoms with Gasteiger partial charge in [0.15, 0.2) is 0 Å². The Kier molecular flexibility index (Phi) is 3.91. The van der Waals surface area contributed by atoms with Crippen molar-refractivity contribution in [3.05, 3.63) is 23.8 Å². The summed E-state index contributed by atoms with van der Waals surface area (Å²) in [6.45, 7) is 3.07. The van der Waals surface area contributed by atoms with Gasteiger partial charge in [-0.1, -0.05) is 0 Å². The van der Waals surface area contributed by atoms with Crippen molar-refractivity contribution in [3.63, 3.8) is 0 Å². The van der Waals surface area contributed by atoms with Gasteiger partial charge in [0.05, 0.1) is 18.4 Å². The summed E-state index contributed by atoms with van der Waals surface area (Å²) < 4.78 is 5.20. The van der Waals surface area contributed by atoms with Crippen LogP contribution >= 0.6 is 0 Å². The van der Waals surface area contributed by atoms with Crippen LogP contribution in [0.1, 0.15) is 18.9 Å². The number of nitrogens with zero attached hydrogens (tertiary/aromatic N) is 2. The molecule has 1 heterocycles. The van der Waals surface area contributed by atoms with Crippen molar-refractivity contribution in [1.82, 2.24) is 5.32 Å². The van der Waals surface area contributed by atoms with E-state index in [0.29, 0.717) is 5.56 Å². The Morgan fingerprint density at radius 1 is 1.58 bits per heavy atom. The fourth-order valence-electron chi connectivity index (χ4n) is 2.38. The number of benzene rings is 1. The Morgan fingerprint density at radius 3 is 3.00 bits per heavy atom. The van der Waals surface area contributed by atoms with Crippen molar-refractivity contribution < 1.29 is 9.53 Å². The third kappa shape index (κ3) is 2.97. The number of hydrogen-bond acceptors (Lipinski definition) is 4. The zero-order chi connectivity index (χ0) is 13.8. The van der Waals surface area contributed by atoms with Gasteiger partial charge in [-0.2, -0.15) is 5.26 Å². The largest absolute Gasteiger partial charge is 0.497 e. The topological polar surface area (TPSA) is 65.4 Å². The van der Waals surface area contributed by atoms with E-state index in [1.165, 1.54) is 6.92 Å². The highest BCUT2D eigenvalue weighted by molar-refractivity contribution is 5.73. The van der Waals surface area contributed by atoms with Gasteiger partial charge >= 0.3 is 0 Å². The molecule has 0 aromatic heterocycles. The summed E-state index contributed by atoms with van der Waals surface area (Å²) in [4.78, 5) is 13.2. The monoisotopic (exact) mass is 259 g/mol. The van der Waals surface area contributed by atoms with Crippen LogP contribution in [0.3, 0.4) is 0 Å². The van der Waals surface area contributed by atoms with E-state index in [-0.39, 0.29) is 11.9 Å². The lowest BCUT2D eigenvalue weighted by Gasteiger charge is -2.20. The summed E-state index contributed by atoms with van der Waals surface area (Å²) in [5.74, 6) is 0.718. The van der Waals surface area contributed by atoms with Gasteiger partial charge < -0.3 is 15.0 Å². The second kappa shape index (κ2) is 5.61. The van der Waals surface area contributed by atoms with Crippen molar-refractivity contribution in [2.45, 2.75) is 19.4 Å². The second-order valence-corrected chi connectivity index (χ2v) is 4.63. The normalized spacial score (nSPS) is 17.9. The molecule has 0 aliphatic carbocycles. The molecule has 5 heteroatoms. The van der Waals surface area contributed by atoms with Crippen LogP contribution in [0, 0.1) is 11.3 Å². The van der Waals surface area contributed by atoms with Gasteiger partial charge in [0, 0.05) is 32.1 Å². The van der Waals surface area contributed by atoms with Crippen LogP contribution in [0.2, 0.25) is 0 Å². The molecule has 2 rings (SSSR count). The minimum Gasteiger partial charge on any atom is -0.497 e. The SMILES string of the molecule is COc1ccc(C#N)c(N2CCC(NC(C)=O)C2)c1. The molecule has 0 radical (unpaired) electrons. The van der Waals surface area contributed by atoms with Crippen LogP contribution in [-0.4, -0.2) is 32.1 Å². The van der Waals surface area contributed by atoms with E-state index in [9.17, 15) is 4.79 Å². The van der Waals surface area contributed by atoms with Crippen molar-refractivity contribution >= 4 is 11.6 Å². The first-order valence-corrected chi connectivity index (χ1v) is 6.24. The van der Waals surface area contributed by atoms with Crippen LogP contribution in [0.15, 0.2) is 18.2 Å². The molecule has 1 N–H and O–H groups in total. The van der Waals surface area contributed by atoms with Crippen LogP contribution in [0.25, 0.3) is 0 Å². The number of anilines is 1. The number of ether oxygens (including phenoxy) is 1. The molecule has 1 amide bonds. The number of carbonyl (C=O) groups excluding carboxylic acids is 1. The fraction of sp³-hybridized carbons (Fsp3) is 0.429. The summed E-state index contributed by atoms with van der Waals surface area (Å²) in [6.07, 6.45) is 0.891. The molecule has 1 aromatic carbocycles. The molecule has 5 nitrogen and oxygen atoms in total. The summed E-state index contributed by atoms with van der Waals surface area (Å²) >= 11 is 0. The summed E-state index contributed by atoms with van der Waals surface area (Å²) in [6, 6.07) is 7.76. The van der Waals surface area contributed by atoms with E-state index in [1.54, 1.807) is 19.2 Å². The predicted molar refractivity (Wildman–Crippen MR) is 72.1 cm³/mol. The molecule has 0 bridgehead atoms. The van der Waals surface area contributed by atoms with E-state index in [0.717, 1.165) is 30.9 Å². The lowest BCUT2D eigenvalue weighted by atomic mass is 10.1. The van der Waals surface area contributed by atoms with Gasteiger partial charge in [0.25, 0.3) is 0 Å².